The van der Waals surface area contributed by atoms with E-state index in [1.165, 1.54) is 11.1 Å². The molecule has 0 unspecified atom stereocenters. The minimum atomic E-state index is 0.0350. The first-order valence-corrected chi connectivity index (χ1v) is 8.67. The number of aryl methyl sites for hydroxylation is 1. The fraction of sp³-hybridized carbons (Fsp3) is 0.400. The van der Waals surface area contributed by atoms with Crippen molar-refractivity contribution < 1.29 is 4.79 Å². The number of aromatic nitrogens is 1. The summed E-state index contributed by atoms with van der Waals surface area (Å²) in [5, 5.41) is 3.09. The molecule has 2 aromatic rings. The van der Waals surface area contributed by atoms with Crippen LogP contribution in [0.25, 0.3) is 0 Å². The Kier molecular flexibility index (Phi) is 5.59. The summed E-state index contributed by atoms with van der Waals surface area (Å²) in [5.41, 5.74) is 3.19. The van der Waals surface area contributed by atoms with Crippen molar-refractivity contribution in [3.63, 3.8) is 0 Å². The highest BCUT2D eigenvalue weighted by Gasteiger charge is 2.20. The Morgan fingerprint density at radius 2 is 1.96 bits per heavy atom. The SMILES string of the molecule is Cc1ccc(C(=O)NCC2CCN(Cc3cccnc3)CC2)cc1. The van der Waals surface area contributed by atoms with Gasteiger partial charge in [-0.2, -0.15) is 0 Å². The molecule has 1 aromatic carbocycles. The van der Waals surface area contributed by atoms with Crippen LogP contribution in [0, 0.1) is 12.8 Å². The van der Waals surface area contributed by atoms with Crippen LogP contribution in [0.3, 0.4) is 0 Å². The van der Waals surface area contributed by atoms with E-state index in [1.54, 1.807) is 0 Å². The third-order valence-electron chi connectivity index (χ3n) is 4.70. The number of likely N-dealkylation sites (tertiary alicyclic amines) is 1. The second kappa shape index (κ2) is 8.06. The third-order valence-corrected chi connectivity index (χ3v) is 4.70. The molecule has 0 saturated carbocycles. The first-order valence-electron chi connectivity index (χ1n) is 8.67. The Bertz CT molecular complexity index is 646. The second-order valence-electron chi connectivity index (χ2n) is 6.66. The summed E-state index contributed by atoms with van der Waals surface area (Å²) in [6.07, 6.45) is 6.02. The standard InChI is InChI=1S/C20H25N3O/c1-16-4-6-19(7-5-16)20(24)22-14-17-8-11-23(12-9-17)15-18-3-2-10-21-13-18/h2-7,10,13,17H,8-9,11-12,14-15H2,1H3,(H,22,24). The van der Waals surface area contributed by atoms with Crippen LogP contribution < -0.4 is 5.32 Å². The molecule has 0 spiro atoms. The van der Waals surface area contributed by atoms with E-state index < -0.39 is 0 Å². The zero-order chi connectivity index (χ0) is 16.8. The molecule has 4 nitrogen and oxygen atoms in total. The first-order chi connectivity index (χ1) is 11.7. The van der Waals surface area contributed by atoms with Gasteiger partial charge in [-0.1, -0.05) is 23.8 Å². The number of hydrogen-bond acceptors (Lipinski definition) is 3. The summed E-state index contributed by atoms with van der Waals surface area (Å²) in [7, 11) is 0. The average Bonchev–Trinajstić information content (AvgIpc) is 2.62. The summed E-state index contributed by atoms with van der Waals surface area (Å²) in [5.74, 6) is 0.609. The molecule has 2 heterocycles. The normalized spacial score (nSPS) is 16.0. The van der Waals surface area contributed by atoms with Crippen LogP contribution in [0.4, 0.5) is 0 Å². The molecule has 0 atom stereocenters. The van der Waals surface area contributed by atoms with Gasteiger partial charge >= 0.3 is 0 Å². The molecule has 1 amide bonds. The van der Waals surface area contributed by atoms with Gasteiger partial charge in [-0.3, -0.25) is 14.7 Å². The number of nitrogens with one attached hydrogen (secondary N) is 1. The molecule has 1 fully saturated rings. The van der Waals surface area contributed by atoms with Crippen LogP contribution in [0.5, 0.6) is 0 Å². The topological polar surface area (TPSA) is 45.2 Å². The van der Waals surface area contributed by atoms with E-state index in [1.807, 2.05) is 49.6 Å². The smallest absolute Gasteiger partial charge is 0.251 e. The lowest BCUT2D eigenvalue weighted by Gasteiger charge is -2.32. The van der Waals surface area contributed by atoms with Crippen molar-refractivity contribution in [1.29, 1.82) is 0 Å². The van der Waals surface area contributed by atoms with E-state index >= 15 is 0 Å². The molecule has 3 rings (SSSR count). The maximum Gasteiger partial charge on any atom is 0.251 e. The average molecular weight is 323 g/mol. The van der Waals surface area contributed by atoms with Crippen LogP contribution in [-0.4, -0.2) is 35.4 Å². The molecule has 1 saturated heterocycles. The summed E-state index contributed by atoms with van der Waals surface area (Å²) in [6.45, 7) is 5.94. The van der Waals surface area contributed by atoms with Gasteiger partial charge in [0.2, 0.25) is 0 Å². The van der Waals surface area contributed by atoms with Crippen molar-refractivity contribution in [2.24, 2.45) is 5.92 Å². The predicted octanol–water partition coefficient (Wildman–Crippen LogP) is 3.03. The van der Waals surface area contributed by atoms with Gasteiger partial charge in [-0.05, 0) is 62.5 Å². The quantitative estimate of drug-likeness (QED) is 0.920. The van der Waals surface area contributed by atoms with E-state index in [0.29, 0.717) is 5.92 Å². The zero-order valence-electron chi connectivity index (χ0n) is 14.2. The van der Waals surface area contributed by atoms with Crippen molar-refractivity contribution in [2.75, 3.05) is 19.6 Å². The fourth-order valence-corrected chi connectivity index (χ4v) is 3.14. The van der Waals surface area contributed by atoms with E-state index in [4.69, 9.17) is 0 Å². The van der Waals surface area contributed by atoms with E-state index in [9.17, 15) is 4.79 Å². The molecular weight excluding hydrogens is 298 g/mol. The monoisotopic (exact) mass is 323 g/mol. The number of pyridine rings is 1. The highest BCUT2D eigenvalue weighted by atomic mass is 16.1. The highest BCUT2D eigenvalue weighted by molar-refractivity contribution is 5.94. The summed E-state index contributed by atoms with van der Waals surface area (Å²) in [6, 6.07) is 11.9. The van der Waals surface area contributed by atoms with Gasteiger partial charge in [-0.25, -0.2) is 0 Å². The minimum Gasteiger partial charge on any atom is -0.352 e. The predicted molar refractivity (Wildman–Crippen MR) is 95.8 cm³/mol. The number of carbonyl (C=O) groups is 1. The van der Waals surface area contributed by atoms with Crippen molar-refractivity contribution >= 4 is 5.91 Å². The molecule has 1 N–H and O–H groups in total. The number of hydrogen-bond donors (Lipinski definition) is 1. The molecule has 1 aliphatic heterocycles. The number of nitrogens with zero attached hydrogens (tertiary/aromatic N) is 2. The van der Waals surface area contributed by atoms with Gasteiger partial charge in [-0.15, -0.1) is 0 Å². The molecule has 0 bridgehead atoms. The number of piperidine rings is 1. The first kappa shape index (κ1) is 16.7. The van der Waals surface area contributed by atoms with Gasteiger partial charge < -0.3 is 5.32 Å². The molecule has 4 heteroatoms. The zero-order valence-corrected chi connectivity index (χ0v) is 14.2. The van der Waals surface area contributed by atoms with Gasteiger partial charge in [0.1, 0.15) is 0 Å². The molecule has 24 heavy (non-hydrogen) atoms. The molecule has 1 aromatic heterocycles. The van der Waals surface area contributed by atoms with Crippen LogP contribution in [-0.2, 0) is 6.54 Å². The molecule has 0 aliphatic carbocycles. The van der Waals surface area contributed by atoms with Crippen molar-refractivity contribution in [2.45, 2.75) is 26.3 Å². The van der Waals surface area contributed by atoms with E-state index in [2.05, 4.69) is 21.3 Å². The minimum absolute atomic E-state index is 0.0350. The Morgan fingerprint density at radius 3 is 2.62 bits per heavy atom. The van der Waals surface area contributed by atoms with Crippen molar-refractivity contribution in [3.05, 3.63) is 65.5 Å². The second-order valence-corrected chi connectivity index (χ2v) is 6.66. The third kappa shape index (κ3) is 4.65. The summed E-state index contributed by atoms with van der Waals surface area (Å²) in [4.78, 5) is 18.8. The Hall–Kier alpha value is -2.20. The maximum atomic E-state index is 12.2. The van der Waals surface area contributed by atoms with Gasteiger partial charge in [0.25, 0.3) is 5.91 Å². The van der Waals surface area contributed by atoms with Crippen molar-refractivity contribution in [1.82, 2.24) is 15.2 Å². The fourth-order valence-electron chi connectivity index (χ4n) is 3.14. The lowest BCUT2D eigenvalue weighted by Crippen LogP contribution is -2.38. The number of amides is 1. The van der Waals surface area contributed by atoms with E-state index in [0.717, 1.165) is 44.6 Å². The lowest BCUT2D eigenvalue weighted by atomic mass is 9.96. The van der Waals surface area contributed by atoms with Gasteiger partial charge in [0.05, 0.1) is 0 Å². The van der Waals surface area contributed by atoms with Crippen molar-refractivity contribution in [3.8, 4) is 0 Å². The van der Waals surface area contributed by atoms with E-state index in [-0.39, 0.29) is 5.91 Å². The maximum absolute atomic E-state index is 12.2. The number of rotatable bonds is 5. The highest BCUT2D eigenvalue weighted by Crippen LogP contribution is 2.18. The Labute approximate surface area is 143 Å². The largest absolute Gasteiger partial charge is 0.352 e. The van der Waals surface area contributed by atoms with Crippen LogP contribution in [0.15, 0.2) is 48.8 Å². The Balaban J connectivity index is 1.41. The number of benzene rings is 1. The van der Waals surface area contributed by atoms with Crippen LogP contribution >= 0.6 is 0 Å². The molecule has 126 valence electrons. The van der Waals surface area contributed by atoms with Gasteiger partial charge in [0, 0.05) is 31.0 Å². The summed E-state index contributed by atoms with van der Waals surface area (Å²) < 4.78 is 0. The lowest BCUT2D eigenvalue weighted by molar-refractivity contribution is 0.0935. The number of carbonyl (C=O) groups excluding carboxylic acids is 1. The van der Waals surface area contributed by atoms with Crippen LogP contribution in [0.2, 0.25) is 0 Å². The molecule has 0 radical (unpaired) electrons. The summed E-state index contributed by atoms with van der Waals surface area (Å²) >= 11 is 0. The molecule has 1 aliphatic rings. The Morgan fingerprint density at radius 1 is 1.21 bits per heavy atom. The van der Waals surface area contributed by atoms with Gasteiger partial charge in [0.15, 0.2) is 0 Å². The van der Waals surface area contributed by atoms with Crippen LogP contribution in [0.1, 0.15) is 34.3 Å². The molecular formula is C20H25N3O.